The zero-order valence-corrected chi connectivity index (χ0v) is 26.0. The number of aryl methyl sites for hydroxylation is 1. The van der Waals surface area contributed by atoms with Crippen LogP contribution in [0.2, 0.25) is 0 Å². The normalized spacial score (nSPS) is 38.6. The summed E-state index contributed by atoms with van der Waals surface area (Å²) in [6.45, 7) is 4.24. The van der Waals surface area contributed by atoms with E-state index in [4.69, 9.17) is 18.9 Å². The molecule has 1 aromatic rings. The predicted octanol–water partition coefficient (Wildman–Crippen LogP) is 9.00. The molecule has 0 bridgehead atoms. The second kappa shape index (κ2) is 12.2. The quantitative estimate of drug-likeness (QED) is 0.295. The van der Waals surface area contributed by atoms with Crippen LogP contribution in [-0.4, -0.2) is 31.9 Å². The summed E-state index contributed by atoms with van der Waals surface area (Å²) in [5, 5.41) is 0. The van der Waals surface area contributed by atoms with Crippen LogP contribution in [0.5, 0.6) is 5.75 Å². The topological polar surface area (TPSA) is 36.9 Å². The molecular weight excluding hydrogens is 608 g/mol. The van der Waals surface area contributed by atoms with E-state index < -0.39 is 0 Å². The molecule has 2 saturated carbocycles. The molecule has 2 aliphatic heterocycles. The molecular formula is C32H44Br2O4. The van der Waals surface area contributed by atoms with Crippen molar-refractivity contribution in [3.05, 3.63) is 38.8 Å². The van der Waals surface area contributed by atoms with Gasteiger partial charge in [0, 0.05) is 13.0 Å². The van der Waals surface area contributed by atoms with Crippen molar-refractivity contribution in [1.82, 2.24) is 0 Å². The van der Waals surface area contributed by atoms with Gasteiger partial charge in [-0.25, -0.2) is 0 Å². The zero-order valence-electron chi connectivity index (χ0n) is 22.8. The minimum absolute atomic E-state index is 0.00595. The number of ether oxygens (including phenoxy) is 4. The maximum absolute atomic E-state index is 6.78. The van der Waals surface area contributed by atoms with Gasteiger partial charge < -0.3 is 18.9 Å². The van der Waals surface area contributed by atoms with Crippen molar-refractivity contribution < 1.29 is 18.9 Å². The SMILES string of the molecule is C[C@]12C[C@H](CCC=C(Br)Br)C3c4ccc(OC5CCCCO5)cc4CCC3C1CC[C@@H]2OC1CCCCO1. The van der Waals surface area contributed by atoms with E-state index in [1.54, 1.807) is 5.56 Å². The Morgan fingerprint density at radius 1 is 1.00 bits per heavy atom. The van der Waals surface area contributed by atoms with Crippen LogP contribution in [0.25, 0.3) is 0 Å². The summed E-state index contributed by atoms with van der Waals surface area (Å²) in [5.41, 5.74) is 3.33. The highest BCUT2D eigenvalue weighted by molar-refractivity contribution is 9.28. The first-order valence-corrected chi connectivity index (χ1v) is 16.8. The van der Waals surface area contributed by atoms with Gasteiger partial charge in [0.15, 0.2) is 12.6 Å². The van der Waals surface area contributed by atoms with Crippen LogP contribution >= 0.6 is 31.9 Å². The van der Waals surface area contributed by atoms with Crippen LogP contribution in [0.3, 0.4) is 0 Å². The third-order valence-electron chi connectivity index (χ3n) is 10.4. The lowest BCUT2D eigenvalue weighted by Gasteiger charge is -2.54. The van der Waals surface area contributed by atoms with Crippen molar-refractivity contribution in [3.8, 4) is 5.75 Å². The lowest BCUT2D eigenvalue weighted by atomic mass is 9.51. The fourth-order valence-electron chi connectivity index (χ4n) is 8.76. The van der Waals surface area contributed by atoms with Crippen molar-refractivity contribution in [2.45, 2.75) is 115 Å². The number of fused-ring (bicyclic) bond motifs is 5. The van der Waals surface area contributed by atoms with Gasteiger partial charge in [-0.05, 0) is 161 Å². The number of benzene rings is 1. The van der Waals surface area contributed by atoms with E-state index in [0.717, 1.165) is 66.3 Å². The van der Waals surface area contributed by atoms with Crippen molar-refractivity contribution in [1.29, 1.82) is 0 Å². The molecule has 8 atom stereocenters. The van der Waals surface area contributed by atoms with Gasteiger partial charge in [-0.1, -0.05) is 19.1 Å². The van der Waals surface area contributed by atoms with Gasteiger partial charge in [0.1, 0.15) is 5.75 Å². The molecule has 0 spiro atoms. The maximum Gasteiger partial charge on any atom is 0.199 e. The van der Waals surface area contributed by atoms with E-state index in [9.17, 15) is 0 Å². The van der Waals surface area contributed by atoms with E-state index in [1.807, 2.05) is 0 Å². The third kappa shape index (κ3) is 5.82. The number of hydrogen-bond donors (Lipinski definition) is 0. The molecule has 0 radical (unpaired) electrons. The fourth-order valence-corrected chi connectivity index (χ4v) is 9.22. The Labute approximate surface area is 245 Å². The number of rotatable bonds is 7. The zero-order chi connectivity index (χ0) is 26.1. The molecule has 0 amide bonds. The van der Waals surface area contributed by atoms with Crippen molar-refractivity contribution >= 4 is 31.9 Å². The van der Waals surface area contributed by atoms with Crippen LogP contribution in [0.15, 0.2) is 27.7 Å². The first-order valence-electron chi connectivity index (χ1n) is 15.2. The van der Waals surface area contributed by atoms with Crippen LogP contribution in [0, 0.1) is 23.2 Å². The summed E-state index contributed by atoms with van der Waals surface area (Å²) in [6.07, 6.45) is 17.8. The first-order chi connectivity index (χ1) is 18.5. The molecule has 5 aliphatic rings. The average molecular weight is 653 g/mol. The molecule has 0 N–H and O–H groups in total. The molecule has 3 aliphatic carbocycles. The summed E-state index contributed by atoms with van der Waals surface area (Å²) >= 11 is 7.17. The van der Waals surface area contributed by atoms with E-state index >= 15 is 0 Å². The first kappa shape index (κ1) is 27.8. The van der Waals surface area contributed by atoms with Crippen molar-refractivity contribution in [2.75, 3.05) is 13.2 Å². The second-order valence-corrected chi connectivity index (χ2v) is 15.4. The number of halogens is 2. The Hall–Kier alpha value is -0.400. The molecule has 2 saturated heterocycles. The predicted molar refractivity (Wildman–Crippen MR) is 158 cm³/mol. The molecule has 38 heavy (non-hydrogen) atoms. The van der Waals surface area contributed by atoms with Gasteiger partial charge in [-0.15, -0.1) is 0 Å². The molecule has 1 aromatic carbocycles. The van der Waals surface area contributed by atoms with Crippen LogP contribution in [-0.2, 0) is 20.6 Å². The Morgan fingerprint density at radius 3 is 2.53 bits per heavy atom. The monoisotopic (exact) mass is 650 g/mol. The Morgan fingerprint density at radius 2 is 1.79 bits per heavy atom. The molecule has 210 valence electrons. The Bertz CT molecular complexity index is 982. The van der Waals surface area contributed by atoms with Gasteiger partial charge in [0.25, 0.3) is 0 Å². The minimum atomic E-state index is -0.0840. The lowest BCUT2D eigenvalue weighted by Crippen LogP contribution is -2.49. The minimum Gasteiger partial charge on any atom is -0.465 e. The van der Waals surface area contributed by atoms with E-state index in [0.29, 0.717) is 17.9 Å². The fraction of sp³-hybridized carbons (Fsp3) is 0.750. The Balaban J connectivity index is 1.25. The molecule has 6 heteroatoms. The van der Waals surface area contributed by atoms with E-state index in [-0.39, 0.29) is 18.0 Å². The van der Waals surface area contributed by atoms with Gasteiger partial charge in [0.2, 0.25) is 0 Å². The van der Waals surface area contributed by atoms with E-state index in [2.05, 4.69) is 63.1 Å². The highest BCUT2D eigenvalue weighted by atomic mass is 79.9. The summed E-state index contributed by atoms with van der Waals surface area (Å²) in [6, 6.07) is 6.97. The van der Waals surface area contributed by atoms with Gasteiger partial charge in [-0.3, -0.25) is 0 Å². The summed E-state index contributed by atoms with van der Waals surface area (Å²) < 4.78 is 26.0. The molecule has 2 heterocycles. The molecule has 0 aromatic heterocycles. The van der Waals surface area contributed by atoms with Crippen molar-refractivity contribution in [3.63, 3.8) is 0 Å². The molecule has 5 unspecified atom stereocenters. The van der Waals surface area contributed by atoms with Gasteiger partial charge in [-0.2, -0.15) is 0 Å². The average Bonchev–Trinajstić information content (AvgIpc) is 3.24. The third-order valence-corrected chi connectivity index (χ3v) is 11.1. The van der Waals surface area contributed by atoms with E-state index in [1.165, 1.54) is 56.9 Å². The van der Waals surface area contributed by atoms with Gasteiger partial charge in [0.05, 0.1) is 16.1 Å². The lowest BCUT2D eigenvalue weighted by molar-refractivity contribution is -0.215. The van der Waals surface area contributed by atoms with Crippen molar-refractivity contribution in [2.24, 2.45) is 23.2 Å². The van der Waals surface area contributed by atoms with Gasteiger partial charge >= 0.3 is 0 Å². The van der Waals surface area contributed by atoms with Crippen LogP contribution < -0.4 is 4.74 Å². The second-order valence-electron chi connectivity index (χ2n) is 12.6. The Kier molecular flexibility index (Phi) is 8.93. The summed E-state index contributed by atoms with van der Waals surface area (Å²) in [5.74, 6) is 3.73. The van der Waals surface area contributed by atoms with Crippen LogP contribution in [0.4, 0.5) is 0 Å². The summed E-state index contributed by atoms with van der Waals surface area (Å²) in [4.78, 5) is 0. The molecule has 4 fully saturated rings. The van der Waals surface area contributed by atoms with Crippen LogP contribution in [0.1, 0.15) is 101 Å². The number of hydrogen-bond acceptors (Lipinski definition) is 4. The summed E-state index contributed by atoms with van der Waals surface area (Å²) in [7, 11) is 0. The molecule has 6 rings (SSSR count). The largest absolute Gasteiger partial charge is 0.465 e. The highest BCUT2D eigenvalue weighted by Gasteiger charge is 2.58. The standard InChI is InChI=1S/C32H44Br2O4/c1-32-20-22(7-6-8-28(33)34)31-24-14-12-23(37-29-9-2-4-17-35-29)19-21(24)11-13-25(31)26(32)15-16-27(32)38-30-10-3-5-18-36-30/h8,12,14,19,22,25-27,29-31H,2-7,9-11,13,15-18,20H2,1H3/t22-,25?,26?,27-,29?,30?,31?,32-/m0/s1. The maximum atomic E-state index is 6.78. The number of allylic oxidation sites excluding steroid dienone is 1. The highest BCUT2D eigenvalue weighted by Crippen LogP contribution is 2.64. The smallest absolute Gasteiger partial charge is 0.199 e. The molecule has 4 nitrogen and oxygen atoms in total.